The van der Waals surface area contributed by atoms with Crippen LogP contribution >= 0.6 is 0 Å². The number of pyridine rings is 1. The molecule has 0 atom stereocenters. The van der Waals surface area contributed by atoms with Crippen molar-refractivity contribution in [3.8, 4) is 0 Å². The van der Waals surface area contributed by atoms with E-state index in [9.17, 15) is 8.42 Å². The lowest BCUT2D eigenvalue weighted by Gasteiger charge is -2.23. The average Bonchev–Trinajstić information content (AvgIpc) is 3.33. The lowest BCUT2D eigenvalue weighted by Crippen LogP contribution is -2.35. The second kappa shape index (κ2) is 5.33. The largest absolute Gasteiger partial charge is 0.387 e. The van der Waals surface area contributed by atoms with E-state index < -0.39 is 10.0 Å². The minimum atomic E-state index is -3.45. The van der Waals surface area contributed by atoms with E-state index in [-0.39, 0.29) is 0 Å². The maximum atomic E-state index is 12.9. The molecule has 1 aromatic heterocycles. The van der Waals surface area contributed by atoms with Crippen molar-refractivity contribution in [2.24, 2.45) is 11.8 Å². The van der Waals surface area contributed by atoms with Gasteiger partial charge in [0.1, 0.15) is 4.90 Å². The van der Waals surface area contributed by atoms with E-state index in [1.807, 2.05) is 0 Å². The average molecular weight is 295 g/mol. The van der Waals surface area contributed by atoms with Gasteiger partial charge in [-0.3, -0.25) is 4.98 Å². The van der Waals surface area contributed by atoms with Crippen molar-refractivity contribution in [2.75, 3.05) is 25.5 Å². The highest BCUT2D eigenvalue weighted by Crippen LogP contribution is 2.36. The smallest absolute Gasteiger partial charge is 0.246 e. The van der Waals surface area contributed by atoms with E-state index in [1.165, 1.54) is 6.20 Å². The predicted molar refractivity (Wildman–Crippen MR) is 78.0 cm³/mol. The van der Waals surface area contributed by atoms with Gasteiger partial charge in [-0.05, 0) is 43.6 Å². The minimum Gasteiger partial charge on any atom is -0.387 e. The van der Waals surface area contributed by atoms with Gasteiger partial charge in [-0.2, -0.15) is 4.31 Å². The van der Waals surface area contributed by atoms with Crippen molar-refractivity contribution in [3.05, 3.63) is 18.5 Å². The Kier molecular flexibility index (Phi) is 3.69. The third-order valence-electron chi connectivity index (χ3n) is 3.99. The molecule has 2 aliphatic rings. The summed E-state index contributed by atoms with van der Waals surface area (Å²) < 4.78 is 27.4. The third kappa shape index (κ3) is 2.96. The van der Waals surface area contributed by atoms with Gasteiger partial charge < -0.3 is 5.32 Å². The Morgan fingerprint density at radius 1 is 1.25 bits per heavy atom. The zero-order valence-corrected chi connectivity index (χ0v) is 12.6. The molecule has 0 aliphatic heterocycles. The maximum Gasteiger partial charge on any atom is 0.246 e. The fourth-order valence-electron chi connectivity index (χ4n) is 2.38. The highest BCUT2D eigenvalue weighted by atomic mass is 32.2. The van der Waals surface area contributed by atoms with Crippen LogP contribution in [0.1, 0.15) is 25.7 Å². The standard InChI is InChI=1S/C14H21N3O2S/c1-15-13-6-7-16-8-14(13)20(18,19)17(9-11-2-3-11)10-12-4-5-12/h6-8,11-12H,2-5,9-10H2,1H3,(H,15,16). The van der Waals surface area contributed by atoms with Gasteiger partial charge in [-0.15, -0.1) is 0 Å². The Morgan fingerprint density at radius 3 is 2.35 bits per heavy atom. The molecule has 5 nitrogen and oxygen atoms in total. The predicted octanol–water partition coefficient (Wildman–Crippen LogP) is 1.93. The molecule has 1 N–H and O–H groups in total. The van der Waals surface area contributed by atoms with Crippen molar-refractivity contribution in [1.82, 2.24) is 9.29 Å². The molecule has 0 saturated heterocycles. The summed E-state index contributed by atoms with van der Waals surface area (Å²) in [7, 11) is -1.71. The molecule has 1 aromatic rings. The normalized spacial score (nSPS) is 19.3. The van der Waals surface area contributed by atoms with Crippen LogP contribution in [-0.2, 0) is 10.0 Å². The van der Waals surface area contributed by atoms with E-state index in [2.05, 4.69) is 10.3 Å². The summed E-state index contributed by atoms with van der Waals surface area (Å²) in [5.74, 6) is 1.11. The molecule has 0 spiro atoms. The molecule has 2 saturated carbocycles. The first-order valence-corrected chi connectivity index (χ1v) is 8.67. The zero-order valence-electron chi connectivity index (χ0n) is 11.7. The quantitative estimate of drug-likeness (QED) is 0.835. The molecule has 6 heteroatoms. The Balaban J connectivity index is 1.89. The van der Waals surface area contributed by atoms with Crippen molar-refractivity contribution in [2.45, 2.75) is 30.6 Å². The molecule has 20 heavy (non-hydrogen) atoms. The number of nitrogens with one attached hydrogen (secondary N) is 1. The van der Waals surface area contributed by atoms with Crippen LogP contribution in [-0.4, -0.2) is 37.8 Å². The minimum absolute atomic E-state index is 0.295. The number of hydrogen-bond donors (Lipinski definition) is 1. The highest BCUT2D eigenvalue weighted by Gasteiger charge is 2.36. The number of anilines is 1. The first kappa shape index (κ1) is 13.8. The second-order valence-corrected chi connectivity index (χ2v) is 7.74. The summed E-state index contributed by atoms with van der Waals surface area (Å²) >= 11 is 0. The van der Waals surface area contributed by atoms with Gasteiger partial charge in [-0.25, -0.2) is 8.42 Å². The lowest BCUT2D eigenvalue weighted by atomic mass is 10.4. The molecule has 0 aromatic carbocycles. The van der Waals surface area contributed by atoms with Crippen molar-refractivity contribution in [1.29, 1.82) is 0 Å². The van der Waals surface area contributed by atoms with E-state index in [1.54, 1.807) is 23.6 Å². The molecule has 2 aliphatic carbocycles. The van der Waals surface area contributed by atoms with E-state index in [4.69, 9.17) is 0 Å². The summed E-state index contributed by atoms with van der Waals surface area (Å²) in [5, 5.41) is 2.95. The van der Waals surface area contributed by atoms with Gasteiger partial charge in [0.05, 0.1) is 5.69 Å². The SMILES string of the molecule is CNc1ccncc1S(=O)(=O)N(CC1CC1)CC1CC1. The first-order valence-electron chi connectivity index (χ1n) is 7.23. The number of rotatable bonds is 7. The van der Waals surface area contributed by atoms with Crippen LogP contribution in [0.25, 0.3) is 0 Å². The van der Waals surface area contributed by atoms with Gasteiger partial charge >= 0.3 is 0 Å². The lowest BCUT2D eigenvalue weighted by molar-refractivity contribution is 0.382. The summed E-state index contributed by atoms with van der Waals surface area (Å²) in [5.41, 5.74) is 0.622. The van der Waals surface area contributed by atoms with Crippen LogP contribution < -0.4 is 5.32 Å². The van der Waals surface area contributed by atoms with Crippen LogP contribution in [0.5, 0.6) is 0 Å². The topological polar surface area (TPSA) is 62.3 Å². The Labute approximate surface area is 120 Å². The first-order chi connectivity index (χ1) is 9.61. The van der Waals surface area contributed by atoms with Gasteiger partial charge in [-0.1, -0.05) is 0 Å². The number of sulfonamides is 1. The molecule has 1 heterocycles. The fourth-order valence-corrected chi connectivity index (χ4v) is 4.11. The van der Waals surface area contributed by atoms with Crippen LogP contribution in [0.4, 0.5) is 5.69 Å². The van der Waals surface area contributed by atoms with Crippen LogP contribution in [0.15, 0.2) is 23.4 Å². The van der Waals surface area contributed by atoms with Crippen LogP contribution in [0, 0.1) is 11.8 Å². The van der Waals surface area contributed by atoms with Gasteiger partial charge in [0.15, 0.2) is 0 Å². The van der Waals surface area contributed by atoms with Crippen molar-refractivity contribution in [3.63, 3.8) is 0 Å². The Morgan fingerprint density at radius 2 is 1.85 bits per heavy atom. The molecule has 0 amide bonds. The summed E-state index contributed by atoms with van der Waals surface area (Å²) in [4.78, 5) is 4.28. The Bertz CT molecular complexity index is 566. The van der Waals surface area contributed by atoms with Crippen LogP contribution in [0.2, 0.25) is 0 Å². The molecule has 2 fully saturated rings. The van der Waals surface area contributed by atoms with E-state index in [0.717, 1.165) is 25.7 Å². The number of hydrogen-bond acceptors (Lipinski definition) is 4. The van der Waals surface area contributed by atoms with Crippen LogP contribution in [0.3, 0.4) is 0 Å². The molecular formula is C14H21N3O2S. The highest BCUT2D eigenvalue weighted by molar-refractivity contribution is 7.89. The number of nitrogens with zero attached hydrogens (tertiary/aromatic N) is 2. The monoisotopic (exact) mass is 295 g/mol. The molecule has 3 rings (SSSR count). The Hall–Kier alpha value is -1.14. The molecule has 0 radical (unpaired) electrons. The molecule has 110 valence electrons. The fraction of sp³-hybridized carbons (Fsp3) is 0.643. The van der Waals surface area contributed by atoms with Gasteiger partial charge in [0, 0.05) is 32.5 Å². The maximum absolute atomic E-state index is 12.9. The summed E-state index contributed by atoms with van der Waals surface area (Å²) in [6.45, 7) is 1.33. The van der Waals surface area contributed by atoms with Gasteiger partial charge in [0.2, 0.25) is 10.0 Å². The van der Waals surface area contributed by atoms with Crippen molar-refractivity contribution < 1.29 is 8.42 Å². The number of aromatic nitrogens is 1. The second-order valence-electron chi connectivity index (χ2n) is 5.83. The zero-order chi connectivity index (χ0) is 14.2. The van der Waals surface area contributed by atoms with E-state index >= 15 is 0 Å². The molecule has 0 bridgehead atoms. The summed E-state index contributed by atoms with van der Waals surface area (Å²) in [6, 6.07) is 1.71. The molecular weight excluding hydrogens is 274 g/mol. The van der Waals surface area contributed by atoms with Crippen molar-refractivity contribution >= 4 is 15.7 Å². The summed E-state index contributed by atoms with van der Waals surface area (Å²) in [6.07, 6.45) is 7.68. The van der Waals surface area contributed by atoms with Gasteiger partial charge in [0.25, 0.3) is 0 Å². The molecule has 0 unspecified atom stereocenters. The van der Waals surface area contributed by atoms with E-state index in [0.29, 0.717) is 35.5 Å². The third-order valence-corrected chi connectivity index (χ3v) is 5.85.